The summed E-state index contributed by atoms with van der Waals surface area (Å²) in [5.41, 5.74) is 3.18. The highest BCUT2D eigenvalue weighted by molar-refractivity contribution is 6.39. The molecule has 0 saturated heterocycles. The fraction of sp³-hybridized carbons (Fsp3) is 0.348. The fourth-order valence-corrected chi connectivity index (χ4v) is 3.43. The number of methoxy groups -OCH3 is 1. The van der Waals surface area contributed by atoms with Gasteiger partial charge in [0, 0.05) is 30.4 Å². The highest BCUT2D eigenvalue weighted by atomic mass is 16.5. The topological polar surface area (TPSA) is 87.7 Å². The molecule has 0 fully saturated rings. The van der Waals surface area contributed by atoms with Gasteiger partial charge in [-0.25, -0.2) is 0 Å². The van der Waals surface area contributed by atoms with Crippen LogP contribution >= 0.6 is 0 Å². The Bertz CT molecular complexity index is 955. The average Bonchev–Trinajstić information content (AvgIpc) is 2.76. The first-order valence-electron chi connectivity index (χ1n) is 10.1. The molecule has 0 bridgehead atoms. The maximum absolute atomic E-state index is 12.5. The number of ether oxygens (including phenoxy) is 1. The number of hydrogen-bond acceptors (Lipinski definition) is 4. The molecule has 2 aromatic carbocycles. The lowest BCUT2D eigenvalue weighted by atomic mass is 9.99. The van der Waals surface area contributed by atoms with Gasteiger partial charge in [-0.15, -0.1) is 0 Å². The van der Waals surface area contributed by atoms with Gasteiger partial charge >= 0.3 is 11.8 Å². The predicted molar refractivity (Wildman–Crippen MR) is 115 cm³/mol. The first-order chi connectivity index (χ1) is 14.4. The first kappa shape index (κ1) is 21.4. The van der Waals surface area contributed by atoms with Crippen LogP contribution < -0.4 is 20.3 Å². The highest BCUT2D eigenvalue weighted by Gasteiger charge is 2.25. The van der Waals surface area contributed by atoms with Crippen molar-refractivity contribution in [2.24, 2.45) is 5.92 Å². The van der Waals surface area contributed by atoms with Crippen molar-refractivity contribution in [3.63, 3.8) is 0 Å². The zero-order chi connectivity index (χ0) is 21.7. The van der Waals surface area contributed by atoms with Gasteiger partial charge in [0.15, 0.2) is 0 Å². The molecule has 2 aromatic rings. The Labute approximate surface area is 176 Å². The average molecular weight is 409 g/mol. The Morgan fingerprint density at radius 1 is 1.10 bits per heavy atom. The van der Waals surface area contributed by atoms with Crippen molar-refractivity contribution in [2.45, 2.75) is 33.2 Å². The number of carbonyl (C=O) groups is 3. The van der Waals surface area contributed by atoms with E-state index in [4.69, 9.17) is 4.74 Å². The van der Waals surface area contributed by atoms with Crippen LogP contribution in [0.1, 0.15) is 31.4 Å². The van der Waals surface area contributed by atoms with Crippen molar-refractivity contribution in [3.05, 3.63) is 53.6 Å². The molecule has 1 aliphatic heterocycles. The Morgan fingerprint density at radius 3 is 2.63 bits per heavy atom. The third-order valence-corrected chi connectivity index (χ3v) is 5.02. The summed E-state index contributed by atoms with van der Waals surface area (Å²) in [5.74, 6) is -0.867. The number of aryl methyl sites for hydroxylation is 1. The predicted octanol–water partition coefficient (Wildman–Crippen LogP) is 2.89. The molecule has 7 heteroatoms. The van der Waals surface area contributed by atoms with Crippen LogP contribution in [0.2, 0.25) is 0 Å². The Morgan fingerprint density at radius 2 is 1.90 bits per heavy atom. The summed E-state index contributed by atoms with van der Waals surface area (Å²) in [6.45, 7) is 4.61. The SMILES string of the molecule is COc1cccc(CNC(=O)C(=O)Nc2ccc3c(c2)N(C(=O)C(C)C)CCC3)c1. The molecule has 0 spiro atoms. The summed E-state index contributed by atoms with van der Waals surface area (Å²) in [4.78, 5) is 38.8. The van der Waals surface area contributed by atoms with Gasteiger partial charge in [-0.05, 0) is 48.2 Å². The van der Waals surface area contributed by atoms with Gasteiger partial charge in [0.2, 0.25) is 5.91 Å². The molecule has 3 amide bonds. The number of amides is 3. The Balaban J connectivity index is 1.65. The molecule has 0 atom stereocenters. The molecular formula is C23H27N3O4. The van der Waals surface area contributed by atoms with Gasteiger partial charge in [0.1, 0.15) is 5.75 Å². The van der Waals surface area contributed by atoms with Gasteiger partial charge in [-0.1, -0.05) is 32.0 Å². The van der Waals surface area contributed by atoms with Crippen LogP contribution in [0, 0.1) is 5.92 Å². The minimum absolute atomic E-state index is 0.0514. The minimum atomic E-state index is -0.754. The summed E-state index contributed by atoms with van der Waals surface area (Å²) in [5, 5.41) is 5.23. The van der Waals surface area contributed by atoms with Crippen LogP contribution in [0.3, 0.4) is 0 Å². The number of fused-ring (bicyclic) bond motifs is 1. The van der Waals surface area contributed by atoms with Crippen molar-refractivity contribution in [1.29, 1.82) is 0 Å². The monoisotopic (exact) mass is 409 g/mol. The molecule has 158 valence electrons. The molecule has 1 aliphatic rings. The summed E-state index contributed by atoms with van der Waals surface area (Å²) >= 11 is 0. The molecule has 2 N–H and O–H groups in total. The van der Waals surface area contributed by atoms with Crippen molar-refractivity contribution in [2.75, 3.05) is 23.9 Å². The number of nitrogens with one attached hydrogen (secondary N) is 2. The molecule has 0 saturated carbocycles. The number of hydrogen-bond donors (Lipinski definition) is 2. The number of benzene rings is 2. The van der Waals surface area contributed by atoms with Gasteiger partial charge in [0.25, 0.3) is 0 Å². The van der Waals surface area contributed by atoms with E-state index in [1.165, 1.54) is 0 Å². The van der Waals surface area contributed by atoms with E-state index in [0.29, 0.717) is 18.0 Å². The van der Waals surface area contributed by atoms with E-state index in [1.807, 2.05) is 32.0 Å². The largest absolute Gasteiger partial charge is 0.497 e. The molecule has 0 aromatic heterocycles. The van der Waals surface area contributed by atoms with Crippen LogP contribution in [-0.4, -0.2) is 31.4 Å². The Kier molecular flexibility index (Phi) is 6.72. The zero-order valence-electron chi connectivity index (χ0n) is 17.5. The van der Waals surface area contributed by atoms with E-state index in [0.717, 1.165) is 29.7 Å². The van der Waals surface area contributed by atoms with E-state index in [9.17, 15) is 14.4 Å². The molecule has 30 heavy (non-hydrogen) atoms. The lowest BCUT2D eigenvalue weighted by Crippen LogP contribution is -2.38. The standard InChI is InChI=1S/C23H27N3O4/c1-15(2)23(29)26-11-5-7-17-9-10-18(13-20(17)26)25-22(28)21(27)24-14-16-6-4-8-19(12-16)30-3/h4,6,8-10,12-13,15H,5,7,11,14H2,1-3H3,(H,24,27)(H,25,28). The number of carbonyl (C=O) groups excluding carboxylic acids is 3. The smallest absolute Gasteiger partial charge is 0.313 e. The van der Waals surface area contributed by atoms with Gasteiger partial charge < -0.3 is 20.3 Å². The van der Waals surface area contributed by atoms with Crippen molar-refractivity contribution >= 4 is 29.1 Å². The first-order valence-corrected chi connectivity index (χ1v) is 10.1. The number of rotatable bonds is 5. The van der Waals surface area contributed by atoms with Crippen LogP contribution in [0.25, 0.3) is 0 Å². The molecule has 0 aliphatic carbocycles. The summed E-state index contributed by atoms with van der Waals surface area (Å²) in [6.07, 6.45) is 1.79. The third kappa shape index (κ3) is 4.97. The van der Waals surface area contributed by atoms with E-state index in [-0.39, 0.29) is 18.4 Å². The molecular weight excluding hydrogens is 382 g/mol. The third-order valence-electron chi connectivity index (χ3n) is 5.02. The fourth-order valence-electron chi connectivity index (χ4n) is 3.43. The van der Waals surface area contributed by atoms with Crippen molar-refractivity contribution in [3.8, 4) is 5.75 Å². The molecule has 7 nitrogen and oxygen atoms in total. The van der Waals surface area contributed by atoms with Crippen molar-refractivity contribution in [1.82, 2.24) is 5.32 Å². The normalized spacial score (nSPS) is 12.9. The highest BCUT2D eigenvalue weighted by Crippen LogP contribution is 2.31. The molecule has 3 rings (SSSR count). The maximum Gasteiger partial charge on any atom is 0.313 e. The van der Waals surface area contributed by atoms with Crippen LogP contribution in [0.15, 0.2) is 42.5 Å². The Hall–Kier alpha value is -3.35. The van der Waals surface area contributed by atoms with Crippen LogP contribution in [0.5, 0.6) is 5.75 Å². The van der Waals surface area contributed by atoms with E-state index in [2.05, 4.69) is 10.6 Å². The number of nitrogens with zero attached hydrogens (tertiary/aromatic N) is 1. The van der Waals surface area contributed by atoms with Gasteiger partial charge in [-0.2, -0.15) is 0 Å². The van der Waals surface area contributed by atoms with Gasteiger partial charge in [0.05, 0.1) is 7.11 Å². The zero-order valence-corrected chi connectivity index (χ0v) is 17.5. The second-order valence-electron chi connectivity index (χ2n) is 7.58. The maximum atomic E-state index is 12.5. The lowest BCUT2D eigenvalue weighted by Gasteiger charge is -2.31. The van der Waals surface area contributed by atoms with E-state index >= 15 is 0 Å². The van der Waals surface area contributed by atoms with Crippen LogP contribution in [0.4, 0.5) is 11.4 Å². The second kappa shape index (κ2) is 9.43. The lowest BCUT2D eigenvalue weighted by molar-refractivity contribution is -0.136. The van der Waals surface area contributed by atoms with Crippen LogP contribution in [-0.2, 0) is 27.3 Å². The summed E-state index contributed by atoms with van der Waals surface area (Å²) < 4.78 is 5.15. The van der Waals surface area contributed by atoms with Gasteiger partial charge in [-0.3, -0.25) is 14.4 Å². The summed E-state index contributed by atoms with van der Waals surface area (Å²) in [7, 11) is 1.57. The van der Waals surface area contributed by atoms with E-state index < -0.39 is 11.8 Å². The quantitative estimate of drug-likeness (QED) is 0.744. The summed E-state index contributed by atoms with van der Waals surface area (Å²) in [6, 6.07) is 12.7. The second-order valence-corrected chi connectivity index (χ2v) is 7.58. The molecule has 0 unspecified atom stereocenters. The number of anilines is 2. The molecule has 0 radical (unpaired) electrons. The minimum Gasteiger partial charge on any atom is -0.497 e. The van der Waals surface area contributed by atoms with E-state index in [1.54, 1.807) is 36.3 Å². The molecule has 1 heterocycles. The van der Waals surface area contributed by atoms with Crippen molar-refractivity contribution < 1.29 is 19.1 Å².